The maximum atomic E-state index is 10.5. The number of unbranched alkanes of at least 4 members (excludes halogenated alkanes) is 1. The molecule has 1 saturated carbocycles. The molecule has 1 fully saturated rings. The van der Waals surface area contributed by atoms with Crippen LogP contribution in [0, 0.1) is 18.8 Å². The fourth-order valence-electron chi connectivity index (χ4n) is 3.70. The van der Waals surface area contributed by atoms with Crippen molar-refractivity contribution < 1.29 is 24.9 Å². The van der Waals surface area contributed by atoms with Crippen LogP contribution in [0.15, 0.2) is 35.0 Å². The molecular weight excluding hydrogens is 467 g/mol. The number of carbonyl (C=O) groups is 1. The number of carboxylic acids is 1. The summed E-state index contributed by atoms with van der Waals surface area (Å²) in [5, 5.41) is 29.4. The normalized spacial score (nSPS) is 25.3. The lowest BCUT2D eigenvalue weighted by Gasteiger charge is -2.22. The fraction of sp³-hybridized carbons (Fsp3) is 0.591. The van der Waals surface area contributed by atoms with E-state index in [9.17, 15) is 15.0 Å². The minimum absolute atomic E-state index is 0.0820. The quantitative estimate of drug-likeness (QED) is 0.173. The molecule has 0 amide bonds. The number of halogens is 1. The van der Waals surface area contributed by atoms with Crippen LogP contribution in [0.4, 0.5) is 0 Å². The molecule has 1 heterocycles. The number of aliphatic hydroxyl groups is 2. The zero-order valence-electron chi connectivity index (χ0n) is 17.2. The van der Waals surface area contributed by atoms with Gasteiger partial charge in [-0.15, -0.1) is 11.3 Å². The van der Waals surface area contributed by atoms with Gasteiger partial charge in [-0.2, -0.15) is 0 Å². The van der Waals surface area contributed by atoms with Gasteiger partial charge in [0.25, 0.3) is 0 Å². The zero-order chi connectivity index (χ0) is 22.1. The van der Waals surface area contributed by atoms with Crippen LogP contribution in [0.1, 0.15) is 41.9 Å². The number of ether oxygens (including phenoxy) is 1. The Balaban J connectivity index is 1.88. The molecule has 1 aromatic heterocycles. The minimum Gasteiger partial charge on any atom is -0.495 e. The third kappa shape index (κ3) is 7.87. The van der Waals surface area contributed by atoms with Crippen molar-refractivity contribution in [3.8, 4) is 0 Å². The first kappa shape index (κ1) is 25.2. The van der Waals surface area contributed by atoms with Gasteiger partial charge in [-0.1, -0.05) is 18.5 Å². The second kappa shape index (κ2) is 12.7. The average molecular weight is 497 g/mol. The molecule has 1 unspecified atom stereocenters. The van der Waals surface area contributed by atoms with Crippen molar-refractivity contribution in [2.75, 3.05) is 0 Å². The third-order valence-electron chi connectivity index (χ3n) is 5.39. The Morgan fingerprint density at radius 3 is 2.90 bits per heavy atom. The van der Waals surface area contributed by atoms with Crippen molar-refractivity contribution in [3.63, 3.8) is 0 Å². The Hall–Kier alpha value is -1.09. The molecule has 3 N–H and O–H groups in total. The zero-order valence-corrected chi connectivity index (χ0v) is 19.6. The van der Waals surface area contributed by atoms with Crippen LogP contribution < -0.4 is 0 Å². The van der Waals surface area contributed by atoms with Crippen molar-refractivity contribution in [2.45, 2.75) is 70.1 Å². The van der Waals surface area contributed by atoms with Crippen molar-refractivity contribution in [2.24, 2.45) is 11.8 Å². The van der Waals surface area contributed by atoms with E-state index in [0.717, 1.165) is 10.9 Å². The van der Waals surface area contributed by atoms with E-state index in [1.54, 1.807) is 29.8 Å². The standard InChI is InChI=1S/C22H30BBrO5S/c1-14-19(24)12-17(30-14)8-6-16(25)7-9-18-15(13-23)11-20(26)22(18)29-10-4-2-3-5-21(27)28/h4,7,9-10,12,15-16,18,20,22,25-26H,2-3,5-6,8,11,13H2,1H3,(H,27,28)/b9-7+,10-4-/t15-,16-,18-,20?,22+/m0/s1. The molecule has 1 aliphatic carbocycles. The Morgan fingerprint density at radius 1 is 1.50 bits per heavy atom. The van der Waals surface area contributed by atoms with Gasteiger partial charge >= 0.3 is 5.97 Å². The lowest BCUT2D eigenvalue weighted by molar-refractivity contribution is -0.137. The van der Waals surface area contributed by atoms with Crippen molar-refractivity contribution >= 4 is 41.1 Å². The van der Waals surface area contributed by atoms with Gasteiger partial charge in [0.2, 0.25) is 0 Å². The molecule has 8 heteroatoms. The SMILES string of the molecule is [B]C[C@@H]1CC(O)[C@H](O/C=C\CCCC(=O)O)[C@H]1/C=C/[C@@H](O)CCc1cc(Br)c(C)s1. The van der Waals surface area contributed by atoms with Gasteiger partial charge in [0.05, 0.1) is 26.3 Å². The summed E-state index contributed by atoms with van der Waals surface area (Å²) in [6.07, 6.45) is 9.11. The molecule has 5 nitrogen and oxygen atoms in total. The smallest absolute Gasteiger partial charge is 0.303 e. The van der Waals surface area contributed by atoms with E-state index in [4.69, 9.17) is 17.7 Å². The van der Waals surface area contributed by atoms with Gasteiger partial charge in [-0.3, -0.25) is 4.79 Å². The van der Waals surface area contributed by atoms with Crippen LogP contribution in [0.2, 0.25) is 6.32 Å². The number of aliphatic carboxylic acids is 1. The molecule has 2 radical (unpaired) electrons. The summed E-state index contributed by atoms with van der Waals surface area (Å²) in [4.78, 5) is 13.0. The van der Waals surface area contributed by atoms with Crippen LogP contribution in [0.5, 0.6) is 0 Å². The highest BCUT2D eigenvalue weighted by molar-refractivity contribution is 9.10. The number of aryl methyl sites for hydroxylation is 2. The monoisotopic (exact) mass is 496 g/mol. The molecule has 1 aromatic rings. The minimum atomic E-state index is -0.813. The molecule has 0 aromatic carbocycles. The number of hydrogen-bond donors (Lipinski definition) is 3. The first-order valence-corrected chi connectivity index (χ1v) is 11.9. The second-order valence-corrected chi connectivity index (χ2v) is 9.94. The highest BCUT2D eigenvalue weighted by atomic mass is 79.9. The van der Waals surface area contributed by atoms with E-state index in [1.807, 2.05) is 6.08 Å². The van der Waals surface area contributed by atoms with Crippen LogP contribution in [-0.2, 0) is 16.0 Å². The third-order valence-corrected chi connectivity index (χ3v) is 7.59. The Bertz CT molecular complexity index is 716. The van der Waals surface area contributed by atoms with Crippen LogP contribution in [-0.4, -0.2) is 47.4 Å². The number of thiophene rings is 1. The van der Waals surface area contributed by atoms with Gasteiger partial charge in [0, 0.05) is 26.6 Å². The number of hydrogen-bond acceptors (Lipinski definition) is 5. The second-order valence-electron chi connectivity index (χ2n) is 7.74. The molecule has 5 atom stereocenters. The molecule has 30 heavy (non-hydrogen) atoms. The van der Waals surface area contributed by atoms with E-state index in [0.29, 0.717) is 32.0 Å². The molecule has 1 aliphatic rings. The highest BCUT2D eigenvalue weighted by Gasteiger charge is 2.41. The largest absolute Gasteiger partial charge is 0.495 e. The lowest BCUT2D eigenvalue weighted by Crippen LogP contribution is -2.27. The van der Waals surface area contributed by atoms with Gasteiger partial charge in [0.1, 0.15) is 6.10 Å². The number of allylic oxidation sites excluding steroid dienone is 1. The Labute approximate surface area is 192 Å². The molecule has 0 saturated heterocycles. The Morgan fingerprint density at radius 2 is 2.27 bits per heavy atom. The van der Waals surface area contributed by atoms with E-state index in [-0.39, 0.29) is 18.3 Å². The van der Waals surface area contributed by atoms with Gasteiger partial charge in [-0.25, -0.2) is 0 Å². The fourth-order valence-corrected chi connectivity index (χ4v) is 5.31. The number of carboxylic acid groups (broad SMARTS) is 1. The molecule has 2 rings (SSSR count). The van der Waals surface area contributed by atoms with Gasteiger partial charge in [-0.05, 0) is 73.0 Å². The van der Waals surface area contributed by atoms with Crippen molar-refractivity contribution in [1.29, 1.82) is 0 Å². The summed E-state index contributed by atoms with van der Waals surface area (Å²) in [7, 11) is 5.89. The summed E-state index contributed by atoms with van der Waals surface area (Å²) in [5.41, 5.74) is 0. The first-order chi connectivity index (χ1) is 14.3. The topological polar surface area (TPSA) is 87.0 Å². The van der Waals surface area contributed by atoms with E-state index in [2.05, 4.69) is 28.9 Å². The van der Waals surface area contributed by atoms with Crippen molar-refractivity contribution in [3.05, 3.63) is 44.8 Å². The number of aliphatic hydroxyl groups excluding tert-OH is 2. The van der Waals surface area contributed by atoms with E-state index >= 15 is 0 Å². The molecule has 0 bridgehead atoms. The van der Waals surface area contributed by atoms with Crippen LogP contribution >= 0.6 is 27.3 Å². The summed E-state index contributed by atoms with van der Waals surface area (Å²) < 4.78 is 6.88. The number of rotatable bonds is 12. The summed E-state index contributed by atoms with van der Waals surface area (Å²) in [6.45, 7) is 2.06. The van der Waals surface area contributed by atoms with Crippen LogP contribution in [0.3, 0.4) is 0 Å². The van der Waals surface area contributed by atoms with E-state index in [1.165, 1.54) is 9.75 Å². The average Bonchev–Trinajstić information content (AvgIpc) is 3.19. The van der Waals surface area contributed by atoms with Crippen molar-refractivity contribution in [1.82, 2.24) is 0 Å². The van der Waals surface area contributed by atoms with Gasteiger partial charge in [0.15, 0.2) is 0 Å². The van der Waals surface area contributed by atoms with Gasteiger partial charge < -0.3 is 20.1 Å². The molecule has 164 valence electrons. The maximum absolute atomic E-state index is 10.5. The summed E-state index contributed by atoms with van der Waals surface area (Å²) >= 11 is 5.25. The molecule has 0 spiro atoms. The molecular formula is C22H30BBrO5S. The van der Waals surface area contributed by atoms with Crippen LogP contribution in [0.25, 0.3) is 0 Å². The maximum Gasteiger partial charge on any atom is 0.303 e. The lowest BCUT2D eigenvalue weighted by atomic mass is 9.83. The molecule has 0 aliphatic heterocycles. The summed E-state index contributed by atoms with van der Waals surface area (Å²) in [6, 6.07) is 2.10. The van der Waals surface area contributed by atoms with E-state index < -0.39 is 24.3 Å². The first-order valence-electron chi connectivity index (χ1n) is 10.3. The summed E-state index contributed by atoms with van der Waals surface area (Å²) in [5.74, 6) is -0.807. The highest BCUT2D eigenvalue weighted by Crippen LogP contribution is 2.38. The predicted molar refractivity (Wildman–Crippen MR) is 124 cm³/mol. The predicted octanol–water partition coefficient (Wildman–Crippen LogP) is 4.41. The Kier molecular flexibility index (Phi) is 10.7.